The maximum Gasteiger partial charge on any atom is 0.415 e. The van der Waals surface area contributed by atoms with Gasteiger partial charge < -0.3 is 10.1 Å². The maximum absolute atomic E-state index is 11.9. The van der Waals surface area contributed by atoms with Crippen molar-refractivity contribution < 1.29 is 9.53 Å². The number of nitrogens with one attached hydrogen (secondary N) is 1. The number of nitrogens with zero attached hydrogens (tertiary/aromatic N) is 1. The molecule has 1 aliphatic heterocycles. The third-order valence-corrected chi connectivity index (χ3v) is 4.63. The van der Waals surface area contributed by atoms with Crippen LogP contribution in [0.2, 0.25) is 0 Å². The molecule has 100 valence electrons. The maximum atomic E-state index is 11.9. The normalized spacial score (nSPS) is 19.4. The standard InChI is InChI=1S/C13H20N2O2S/c1-5-11-8(2)12(18-9(11)3)15-7-10(6-14-4)17-13(15)16/h10,14H,5-7H2,1-4H3. The summed E-state index contributed by atoms with van der Waals surface area (Å²) in [6.45, 7) is 7.71. The van der Waals surface area contributed by atoms with Gasteiger partial charge in [0, 0.05) is 11.4 Å². The highest BCUT2D eigenvalue weighted by molar-refractivity contribution is 7.16. The minimum atomic E-state index is -0.220. The Balaban J connectivity index is 2.24. The molecule has 0 spiro atoms. The molecular weight excluding hydrogens is 248 g/mol. The van der Waals surface area contributed by atoms with Crippen LogP contribution in [-0.2, 0) is 11.2 Å². The van der Waals surface area contributed by atoms with Gasteiger partial charge in [0.15, 0.2) is 0 Å². The second kappa shape index (κ2) is 5.28. The fourth-order valence-electron chi connectivity index (χ4n) is 2.47. The smallest absolute Gasteiger partial charge is 0.415 e. The van der Waals surface area contributed by atoms with Crippen molar-refractivity contribution in [2.45, 2.75) is 33.3 Å². The Kier molecular flexibility index (Phi) is 3.92. The molecule has 18 heavy (non-hydrogen) atoms. The lowest BCUT2D eigenvalue weighted by atomic mass is 10.1. The minimum absolute atomic E-state index is 0.0469. The van der Waals surface area contributed by atoms with E-state index in [1.165, 1.54) is 16.0 Å². The van der Waals surface area contributed by atoms with Gasteiger partial charge in [0.2, 0.25) is 0 Å². The molecule has 1 aliphatic rings. The Morgan fingerprint density at radius 2 is 2.22 bits per heavy atom. The van der Waals surface area contributed by atoms with Gasteiger partial charge in [0.05, 0.1) is 6.54 Å². The van der Waals surface area contributed by atoms with Crippen molar-refractivity contribution in [1.82, 2.24) is 5.32 Å². The summed E-state index contributed by atoms with van der Waals surface area (Å²) in [6.07, 6.45) is 0.744. The topological polar surface area (TPSA) is 41.6 Å². The number of carbonyl (C=O) groups excluding carboxylic acids is 1. The monoisotopic (exact) mass is 268 g/mol. The van der Waals surface area contributed by atoms with Crippen LogP contribution in [0.5, 0.6) is 0 Å². The molecule has 1 atom stereocenters. The number of hydrogen-bond acceptors (Lipinski definition) is 4. The number of rotatable bonds is 4. The lowest BCUT2D eigenvalue weighted by Gasteiger charge is -2.12. The van der Waals surface area contributed by atoms with Gasteiger partial charge in [-0.2, -0.15) is 0 Å². The lowest BCUT2D eigenvalue weighted by Crippen LogP contribution is -2.28. The first-order chi connectivity index (χ1) is 8.58. The van der Waals surface area contributed by atoms with E-state index in [-0.39, 0.29) is 12.2 Å². The molecule has 1 N–H and O–H groups in total. The van der Waals surface area contributed by atoms with Crippen LogP contribution in [0.25, 0.3) is 0 Å². The van der Waals surface area contributed by atoms with Gasteiger partial charge >= 0.3 is 6.09 Å². The molecule has 1 unspecified atom stereocenters. The Morgan fingerprint density at radius 1 is 1.50 bits per heavy atom. The van der Waals surface area contributed by atoms with E-state index in [1.807, 2.05) is 7.05 Å². The van der Waals surface area contributed by atoms with Gasteiger partial charge in [-0.3, -0.25) is 4.90 Å². The summed E-state index contributed by atoms with van der Waals surface area (Å²) < 4.78 is 5.34. The third kappa shape index (κ3) is 2.24. The fourth-order valence-corrected chi connectivity index (χ4v) is 3.72. The summed E-state index contributed by atoms with van der Waals surface area (Å²) in [5, 5.41) is 4.09. The average Bonchev–Trinajstić information content (AvgIpc) is 2.80. The molecule has 0 aliphatic carbocycles. The van der Waals surface area contributed by atoms with E-state index in [9.17, 15) is 4.79 Å². The van der Waals surface area contributed by atoms with Crippen LogP contribution in [0, 0.1) is 13.8 Å². The summed E-state index contributed by atoms with van der Waals surface area (Å²) in [5.74, 6) is 0. The Labute approximate surface area is 112 Å². The van der Waals surface area contributed by atoms with E-state index in [4.69, 9.17) is 4.74 Å². The second-order valence-corrected chi connectivity index (χ2v) is 5.80. The molecule has 1 amide bonds. The molecule has 5 heteroatoms. The van der Waals surface area contributed by atoms with Crippen LogP contribution >= 0.6 is 11.3 Å². The number of ether oxygens (including phenoxy) is 1. The van der Waals surface area contributed by atoms with E-state index < -0.39 is 0 Å². The van der Waals surface area contributed by atoms with Crippen molar-refractivity contribution in [3.05, 3.63) is 16.0 Å². The number of likely N-dealkylation sites (N-methyl/N-ethyl adjacent to an activating group) is 1. The van der Waals surface area contributed by atoms with Crippen molar-refractivity contribution in [3.8, 4) is 0 Å². The van der Waals surface area contributed by atoms with E-state index in [1.54, 1.807) is 16.2 Å². The Hall–Kier alpha value is -1.07. The quantitative estimate of drug-likeness (QED) is 0.912. The molecule has 2 heterocycles. The molecule has 1 fully saturated rings. The van der Waals surface area contributed by atoms with Crippen molar-refractivity contribution >= 4 is 22.4 Å². The molecule has 1 saturated heterocycles. The highest BCUT2D eigenvalue weighted by Gasteiger charge is 2.34. The van der Waals surface area contributed by atoms with Crippen molar-refractivity contribution in [1.29, 1.82) is 0 Å². The number of cyclic esters (lactones) is 1. The Morgan fingerprint density at radius 3 is 2.78 bits per heavy atom. The second-order valence-electron chi connectivity index (χ2n) is 4.59. The van der Waals surface area contributed by atoms with Crippen molar-refractivity contribution in [2.24, 2.45) is 0 Å². The molecule has 0 aromatic carbocycles. The van der Waals surface area contributed by atoms with Crippen LogP contribution in [0.1, 0.15) is 22.9 Å². The highest BCUT2D eigenvalue weighted by Crippen LogP contribution is 2.37. The van der Waals surface area contributed by atoms with Gasteiger partial charge in [-0.1, -0.05) is 6.92 Å². The Bertz CT molecular complexity index is 456. The van der Waals surface area contributed by atoms with Gasteiger partial charge in [0.1, 0.15) is 11.1 Å². The first kappa shape index (κ1) is 13.4. The predicted molar refractivity (Wildman–Crippen MR) is 74.7 cm³/mol. The van der Waals surface area contributed by atoms with Gasteiger partial charge in [-0.05, 0) is 38.4 Å². The molecule has 1 aromatic heterocycles. The zero-order valence-corrected chi connectivity index (χ0v) is 12.2. The molecule has 0 bridgehead atoms. The fraction of sp³-hybridized carbons (Fsp3) is 0.615. The van der Waals surface area contributed by atoms with Crippen LogP contribution in [0.15, 0.2) is 0 Å². The van der Waals surface area contributed by atoms with Gasteiger partial charge in [0.25, 0.3) is 0 Å². The van der Waals surface area contributed by atoms with Gasteiger partial charge in [-0.25, -0.2) is 4.79 Å². The molecular formula is C13H20N2O2S. The highest BCUT2D eigenvalue weighted by atomic mass is 32.1. The molecule has 1 aromatic rings. The number of amides is 1. The molecule has 0 saturated carbocycles. The zero-order chi connectivity index (χ0) is 13.3. The van der Waals surface area contributed by atoms with Crippen molar-refractivity contribution in [2.75, 3.05) is 25.0 Å². The summed E-state index contributed by atoms with van der Waals surface area (Å²) in [4.78, 5) is 15.0. The summed E-state index contributed by atoms with van der Waals surface area (Å²) in [7, 11) is 1.87. The number of aryl methyl sites for hydroxylation is 1. The number of anilines is 1. The molecule has 4 nitrogen and oxygen atoms in total. The minimum Gasteiger partial charge on any atom is -0.443 e. The first-order valence-electron chi connectivity index (χ1n) is 6.30. The number of hydrogen-bond donors (Lipinski definition) is 1. The summed E-state index contributed by atoms with van der Waals surface area (Å²) in [6, 6.07) is 0. The van der Waals surface area contributed by atoms with E-state index in [0.717, 1.165) is 11.4 Å². The molecule has 2 rings (SSSR count). The summed E-state index contributed by atoms with van der Waals surface area (Å²) in [5.41, 5.74) is 2.59. The van der Waals surface area contributed by atoms with Crippen LogP contribution < -0.4 is 10.2 Å². The van der Waals surface area contributed by atoms with E-state index in [2.05, 4.69) is 26.1 Å². The molecule has 0 radical (unpaired) electrons. The van der Waals surface area contributed by atoms with Crippen LogP contribution in [0.3, 0.4) is 0 Å². The van der Waals surface area contributed by atoms with Crippen LogP contribution in [-0.4, -0.2) is 32.3 Å². The van der Waals surface area contributed by atoms with Crippen molar-refractivity contribution in [3.63, 3.8) is 0 Å². The largest absolute Gasteiger partial charge is 0.443 e. The predicted octanol–water partition coefficient (Wildman–Crippen LogP) is 2.47. The van der Waals surface area contributed by atoms with E-state index >= 15 is 0 Å². The third-order valence-electron chi connectivity index (χ3n) is 3.35. The SMILES string of the molecule is CCc1c(C)sc(N2CC(CNC)OC2=O)c1C. The van der Waals surface area contributed by atoms with Gasteiger partial charge in [-0.15, -0.1) is 11.3 Å². The average molecular weight is 268 g/mol. The summed E-state index contributed by atoms with van der Waals surface area (Å²) >= 11 is 1.69. The van der Waals surface area contributed by atoms with Crippen LogP contribution in [0.4, 0.5) is 9.80 Å². The first-order valence-corrected chi connectivity index (χ1v) is 7.11. The number of thiophene rings is 1. The number of carbonyl (C=O) groups is 1. The lowest BCUT2D eigenvalue weighted by molar-refractivity contribution is 0.141. The van der Waals surface area contributed by atoms with E-state index in [0.29, 0.717) is 13.1 Å². The zero-order valence-electron chi connectivity index (χ0n) is 11.4.